The first-order valence-electron chi connectivity index (χ1n) is 9.28. The Morgan fingerprint density at radius 3 is 2.23 bits per heavy atom. The number of carbonyl (C=O) groups excluding carboxylic acids is 2. The maximum absolute atomic E-state index is 12.8. The van der Waals surface area contributed by atoms with Crippen LogP contribution in [0.5, 0.6) is 0 Å². The molecule has 7 nitrogen and oxygen atoms in total. The third kappa shape index (κ3) is 3.62. The summed E-state index contributed by atoms with van der Waals surface area (Å²) in [5, 5.41) is 0. The first-order valence-corrected chi connectivity index (χ1v) is 10.7. The van der Waals surface area contributed by atoms with Crippen molar-refractivity contribution in [3.05, 3.63) is 95.3 Å². The molecule has 1 aliphatic heterocycles. The third-order valence-electron chi connectivity index (χ3n) is 4.95. The second-order valence-electron chi connectivity index (χ2n) is 6.99. The Labute approximate surface area is 174 Å². The SMILES string of the molecule is CN(Cc1ccccc1)S(=O)(=O)c1ccc(CN2C(=O)c3cccnc3C2=O)cc1. The lowest BCUT2D eigenvalue weighted by molar-refractivity contribution is 0.0640. The summed E-state index contributed by atoms with van der Waals surface area (Å²) in [6, 6.07) is 18.7. The second kappa shape index (κ2) is 7.81. The van der Waals surface area contributed by atoms with Gasteiger partial charge >= 0.3 is 0 Å². The van der Waals surface area contributed by atoms with E-state index in [0.717, 1.165) is 10.5 Å². The van der Waals surface area contributed by atoms with Gasteiger partial charge in [0.15, 0.2) is 0 Å². The number of sulfonamides is 1. The Morgan fingerprint density at radius 1 is 0.867 bits per heavy atom. The summed E-state index contributed by atoms with van der Waals surface area (Å²) in [4.78, 5) is 30.2. The zero-order valence-corrected chi connectivity index (χ0v) is 17.0. The van der Waals surface area contributed by atoms with Crippen LogP contribution in [-0.4, -0.2) is 41.5 Å². The van der Waals surface area contributed by atoms with E-state index in [-0.39, 0.29) is 29.2 Å². The molecule has 0 spiro atoms. The summed E-state index contributed by atoms with van der Waals surface area (Å²) in [5.41, 5.74) is 1.96. The molecule has 0 unspecified atom stereocenters. The number of carbonyl (C=O) groups is 2. The Hall–Kier alpha value is -3.36. The van der Waals surface area contributed by atoms with Gasteiger partial charge in [-0.05, 0) is 35.4 Å². The van der Waals surface area contributed by atoms with Crippen LogP contribution in [0, 0.1) is 0 Å². The fourth-order valence-corrected chi connectivity index (χ4v) is 4.47. The van der Waals surface area contributed by atoms with Crippen molar-refractivity contribution in [1.29, 1.82) is 0 Å². The smallest absolute Gasteiger partial charge is 0.268 e. The third-order valence-corrected chi connectivity index (χ3v) is 6.77. The quantitative estimate of drug-likeness (QED) is 0.571. The molecule has 0 saturated heterocycles. The number of pyridine rings is 1. The van der Waals surface area contributed by atoms with E-state index in [0.29, 0.717) is 5.56 Å². The Morgan fingerprint density at radius 2 is 1.57 bits per heavy atom. The van der Waals surface area contributed by atoms with Crippen molar-refractivity contribution in [2.75, 3.05) is 7.05 Å². The molecule has 2 aromatic carbocycles. The molecule has 2 heterocycles. The van der Waals surface area contributed by atoms with Gasteiger partial charge in [-0.15, -0.1) is 0 Å². The Balaban J connectivity index is 1.49. The molecule has 0 saturated carbocycles. The van der Waals surface area contributed by atoms with Crippen LogP contribution in [0.15, 0.2) is 77.8 Å². The van der Waals surface area contributed by atoms with Gasteiger partial charge in [-0.2, -0.15) is 4.31 Å². The van der Waals surface area contributed by atoms with Crippen molar-refractivity contribution in [2.45, 2.75) is 18.0 Å². The molecule has 1 aromatic heterocycles. The number of aromatic nitrogens is 1. The summed E-state index contributed by atoms with van der Waals surface area (Å²) >= 11 is 0. The zero-order valence-electron chi connectivity index (χ0n) is 16.2. The van der Waals surface area contributed by atoms with E-state index < -0.39 is 21.8 Å². The molecule has 0 N–H and O–H groups in total. The Kier molecular flexibility index (Phi) is 5.19. The molecule has 0 radical (unpaired) electrons. The molecule has 4 rings (SSSR count). The summed E-state index contributed by atoms with van der Waals surface area (Å²) in [6.45, 7) is 0.307. The number of hydrogen-bond acceptors (Lipinski definition) is 5. The topological polar surface area (TPSA) is 87.7 Å². The highest BCUT2D eigenvalue weighted by Crippen LogP contribution is 2.23. The van der Waals surface area contributed by atoms with Gasteiger partial charge < -0.3 is 0 Å². The van der Waals surface area contributed by atoms with E-state index in [1.807, 2.05) is 30.3 Å². The van der Waals surface area contributed by atoms with Crippen LogP contribution < -0.4 is 0 Å². The fraction of sp³-hybridized carbons (Fsp3) is 0.136. The van der Waals surface area contributed by atoms with Crippen molar-refractivity contribution in [2.24, 2.45) is 0 Å². The van der Waals surface area contributed by atoms with Crippen molar-refractivity contribution < 1.29 is 18.0 Å². The van der Waals surface area contributed by atoms with E-state index in [1.54, 1.807) is 24.3 Å². The summed E-state index contributed by atoms with van der Waals surface area (Å²) in [5.74, 6) is -0.850. The number of amides is 2. The molecule has 0 atom stereocenters. The predicted molar refractivity (Wildman–Crippen MR) is 110 cm³/mol. The van der Waals surface area contributed by atoms with Crippen LogP contribution in [0.25, 0.3) is 0 Å². The summed E-state index contributed by atoms with van der Waals surface area (Å²) < 4.78 is 27.0. The molecule has 3 aromatic rings. The van der Waals surface area contributed by atoms with Crippen LogP contribution in [0.2, 0.25) is 0 Å². The van der Waals surface area contributed by atoms with Crippen LogP contribution >= 0.6 is 0 Å². The lowest BCUT2D eigenvalue weighted by Crippen LogP contribution is -2.29. The molecule has 152 valence electrons. The van der Waals surface area contributed by atoms with Crippen LogP contribution in [0.4, 0.5) is 0 Å². The molecule has 1 aliphatic rings. The first-order chi connectivity index (χ1) is 14.4. The largest absolute Gasteiger partial charge is 0.280 e. The standard InChI is InChI=1S/C22H19N3O4S/c1-24(14-16-6-3-2-4-7-16)30(28,29)18-11-9-17(10-12-18)15-25-21(26)19-8-5-13-23-20(19)22(25)27/h2-13H,14-15H2,1H3. The minimum Gasteiger partial charge on any atom is -0.268 e. The average molecular weight is 421 g/mol. The van der Waals surface area contributed by atoms with Crippen LogP contribution in [-0.2, 0) is 23.1 Å². The van der Waals surface area contributed by atoms with Gasteiger partial charge in [0.25, 0.3) is 11.8 Å². The lowest BCUT2D eigenvalue weighted by Gasteiger charge is -2.18. The first kappa shape index (κ1) is 19.9. The summed E-state index contributed by atoms with van der Waals surface area (Å²) in [6.07, 6.45) is 1.47. The van der Waals surface area contributed by atoms with Gasteiger partial charge in [-0.25, -0.2) is 8.42 Å². The molecule has 8 heteroatoms. The number of nitrogens with zero attached hydrogens (tertiary/aromatic N) is 3. The molecule has 2 amide bonds. The average Bonchev–Trinajstić information content (AvgIpc) is 3.00. The van der Waals surface area contributed by atoms with E-state index >= 15 is 0 Å². The second-order valence-corrected chi connectivity index (χ2v) is 9.03. The van der Waals surface area contributed by atoms with Gasteiger partial charge in [0.1, 0.15) is 5.69 Å². The monoisotopic (exact) mass is 421 g/mol. The van der Waals surface area contributed by atoms with Gasteiger partial charge in [-0.1, -0.05) is 42.5 Å². The van der Waals surface area contributed by atoms with Gasteiger partial charge in [-0.3, -0.25) is 19.5 Å². The van der Waals surface area contributed by atoms with E-state index in [4.69, 9.17) is 0 Å². The molecule has 0 bridgehead atoms. The Bertz CT molecular complexity index is 1170. The molecule has 30 heavy (non-hydrogen) atoms. The normalized spacial score (nSPS) is 13.7. The minimum atomic E-state index is -3.67. The highest BCUT2D eigenvalue weighted by molar-refractivity contribution is 7.89. The van der Waals surface area contributed by atoms with E-state index in [2.05, 4.69) is 4.98 Å². The number of hydrogen-bond donors (Lipinski definition) is 0. The van der Waals surface area contributed by atoms with Crippen LogP contribution in [0.1, 0.15) is 32.0 Å². The van der Waals surface area contributed by atoms with E-state index in [1.165, 1.54) is 29.7 Å². The molecule has 0 fully saturated rings. The maximum atomic E-state index is 12.8. The molecule has 0 aliphatic carbocycles. The summed E-state index contributed by atoms with van der Waals surface area (Å²) in [7, 11) is -2.14. The van der Waals surface area contributed by atoms with Crippen molar-refractivity contribution in [3.8, 4) is 0 Å². The van der Waals surface area contributed by atoms with Crippen molar-refractivity contribution in [1.82, 2.24) is 14.2 Å². The zero-order chi connectivity index (χ0) is 21.3. The van der Waals surface area contributed by atoms with E-state index in [9.17, 15) is 18.0 Å². The minimum absolute atomic E-state index is 0.0498. The van der Waals surface area contributed by atoms with Crippen molar-refractivity contribution in [3.63, 3.8) is 0 Å². The highest BCUT2D eigenvalue weighted by atomic mass is 32.2. The highest BCUT2D eigenvalue weighted by Gasteiger charge is 2.36. The molecular weight excluding hydrogens is 402 g/mol. The number of fused-ring (bicyclic) bond motifs is 1. The lowest BCUT2D eigenvalue weighted by atomic mass is 10.2. The maximum Gasteiger partial charge on any atom is 0.280 e. The van der Waals surface area contributed by atoms with Crippen LogP contribution in [0.3, 0.4) is 0 Å². The number of benzene rings is 2. The molecular formula is C22H19N3O4S. The van der Waals surface area contributed by atoms with Gasteiger partial charge in [0.2, 0.25) is 10.0 Å². The number of imide groups is 1. The fourth-order valence-electron chi connectivity index (χ4n) is 3.31. The van der Waals surface area contributed by atoms with Gasteiger partial charge in [0, 0.05) is 19.8 Å². The van der Waals surface area contributed by atoms with Gasteiger partial charge in [0.05, 0.1) is 17.0 Å². The van der Waals surface area contributed by atoms with Crippen molar-refractivity contribution >= 4 is 21.8 Å². The predicted octanol–water partition coefficient (Wildman–Crippen LogP) is 2.70. The number of rotatable bonds is 6.